The van der Waals surface area contributed by atoms with Gasteiger partial charge in [0.2, 0.25) is 0 Å². The molecule has 0 bridgehead atoms. The number of aliphatic hydroxyl groups excluding tert-OH is 1. The molecule has 1 aromatic carbocycles. The average Bonchev–Trinajstić information content (AvgIpc) is 3.17. The Labute approximate surface area is 164 Å². The highest BCUT2D eigenvalue weighted by Gasteiger charge is 2.30. The Kier molecular flexibility index (Phi) is 5.25. The lowest BCUT2D eigenvalue weighted by atomic mass is 9.91. The number of imidazole rings is 1. The van der Waals surface area contributed by atoms with E-state index in [9.17, 15) is 9.90 Å². The molecule has 1 aliphatic rings. The molecule has 3 heterocycles. The molecule has 3 aromatic rings. The third kappa shape index (κ3) is 3.71. The summed E-state index contributed by atoms with van der Waals surface area (Å²) in [7, 11) is 1.89. The topological polar surface area (TPSA) is 83.3 Å². The highest BCUT2D eigenvalue weighted by molar-refractivity contribution is 5.82. The molecule has 28 heavy (non-hydrogen) atoms. The van der Waals surface area contributed by atoms with E-state index in [0.717, 1.165) is 29.3 Å². The number of aryl methyl sites for hydroxylation is 1. The maximum absolute atomic E-state index is 12.6. The van der Waals surface area contributed by atoms with E-state index in [1.165, 1.54) is 0 Å². The minimum Gasteiger partial charge on any atom is -0.385 e. The van der Waals surface area contributed by atoms with Gasteiger partial charge in [0.1, 0.15) is 11.9 Å². The number of para-hydroxylation sites is 1. The van der Waals surface area contributed by atoms with Gasteiger partial charge in [-0.25, -0.2) is 9.78 Å². The molecule has 2 N–H and O–H groups in total. The van der Waals surface area contributed by atoms with Crippen molar-refractivity contribution < 1.29 is 9.90 Å². The van der Waals surface area contributed by atoms with E-state index in [2.05, 4.69) is 15.3 Å². The molecule has 146 valence electrons. The van der Waals surface area contributed by atoms with Crippen molar-refractivity contribution in [2.75, 3.05) is 13.1 Å². The number of piperidine rings is 1. The van der Waals surface area contributed by atoms with Crippen LogP contribution >= 0.6 is 0 Å². The highest BCUT2D eigenvalue weighted by Crippen LogP contribution is 2.29. The van der Waals surface area contributed by atoms with Crippen molar-refractivity contribution in [1.82, 2.24) is 24.8 Å². The second kappa shape index (κ2) is 7.98. The van der Waals surface area contributed by atoms with Crippen LogP contribution < -0.4 is 5.32 Å². The number of pyridine rings is 1. The van der Waals surface area contributed by atoms with Gasteiger partial charge in [0.05, 0.1) is 5.52 Å². The first kappa shape index (κ1) is 18.4. The number of fused-ring (bicyclic) bond motifs is 1. The number of carbonyl (C=O) groups is 1. The van der Waals surface area contributed by atoms with Crippen LogP contribution in [0.5, 0.6) is 0 Å². The molecule has 1 fully saturated rings. The molecule has 4 rings (SSSR count). The Bertz CT molecular complexity index is 957. The zero-order chi connectivity index (χ0) is 19.5. The highest BCUT2D eigenvalue weighted by atomic mass is 16.3. The first-order chi connectivity index (χ1) is 13.6. The van der Waals surface area contributed by atoms with Gasteiger partial charge in [-0.15, -0.1) is 0 Å². The predicted octanol–water partition coefficient (Wildman–Crippen LogP) is 2.62. The summed E-state index contributed by atoms with van der Waals surface area (Å²) in [5.41, 5.74) is 1.98. The third-order valence-electron chi connectivity index (χ3n) is 5.57. The number of nitrogens with zero attached hydrogens (tertiary/aromatic N) is 4. The summed E-state index contributed by atoms with van der Waals surface area (Å²) in [5, 5.41) is 14.7. The summed E-state index contributed by atoms with van der Waals surface area (Å²) in [5.74, 6) is 0.807. The number of aliphatic hydroxyl groups is 1. The van der Waals surface area contributed by atoms with Crippen LogP contribution in [0.3, 0.4) is 0 Å². The Balaban J connectivity index is 1.32. The molecule has 2 aromatic heterocycles. The lowest BCUT2D eigenvalue weighted by Gasteiger charge is -2.34. The van der Waals surface area contributed by atoms with Gasteiger partial charge in [0.25, 0.3) is 0 Å². The molecular formula is C21H25N5O2. The maximum Gasteiger partial charge on any atom is 0.317 e. The van der Waals surface area contributed by atoms with Gasteiger partial charge in [-0.05, 0) is 36.5 Å². The van der Waals surface area contributed by atoms with E-state index in [1.54, 1.807) is 12.4 Å². The molecule has 7 heteroatoms. The minimum absolute atomic E-state index is 0.0641. The number of aromatic nitrogens is 3. The summed E-state index contributed by atoms with van der Waals surface area (Å²) in [6.07, 6.45) is 6.25. The van der Waals surface area contributed by atoms with Crippen LogP contribution in [0.25, 0.3) is 10.9 Å². The standard InChI is InChI=1S/C21H25N5O2/c1-25-13-10-23-20(25)19(27)15-7-11-26(12-8-15)21(28)24-14-16-6-9-22-18-5-3-2-4-17(16)18/h2-6,9-10,13,15,19,27H,7-8,11-12,14H2,1H3,(H,24,28)/t19-/m0/s1. The number of hydrogen-bond acceptors (Lipinski definition) is 4. The monoisotopic (exact) mass is 379 g/mol. The summed E-state index contributed by atoms with van der Waals surface area (Å²) in [6, 6.07) is 9.81. The van der Waals surface area contributed by atoms with Crippen LogP contribution in [0.15, 0.2) is 48.9 Å². The minimum atomic E-state index is -0.589. The summed E-state index contributed by atoms with van der Waals surface area (Å²) in [4.78, 5) is 23.0. The smallest absolute Gasteiger partial charge is 0.317 e. The van der Waals surface area contributed by atoms with Crippen molar-refractivity contribution in [3.05, 3.63) is 60.3 Å². The number of hydrogen-bond donors (Lipinski definition) is 2. The Morgan fingerprint density at radius 1 is 1.21 bits per heavy atom. The fourth-order valence-electron chi connectivity index (χ4n) is 3.88. The van der Waals surface area contributed by atoms with Gasteiger partial charge in [-0.1, -0.05) is 18.2 Å². The molecular weight excluding hydrogens is 354 g/mol. The Morgan fingerprint density at radius 2 is 2.00 bits per heavy atom. The average molecular weight is 379 g/mol. The molecule has 2 amide bonds. The number of amides is 2. The van der Waals surface area contributed by atoms with Gasteiger partial charge >= 0.3 is 6.03 Å². The van der Waals surface area contributed by atoms with Crippen molar-refractivity contribution in [3.8, 4) is 0 Å². The first-order valence-electron chi connectivity index (χ1n) is 9.64. The molecule has 1 saturated heterocycles. The normalized spacial score (nSPS) is 16.3. The number of urea groups is 1. The van der Waals surface area contributed by atoms with E-state index in [0.29, 0.717) is 25.5 Å². The number of benzene rings is 1. The predicted molar refractivity (Wildman–Crippen MR) is 106 cm³/mol. The fourth-order valence-corrected chi connectivity index (χ4v) is 3.88. The van der Waals surface area contributed by atoms with Crippen molar-refractivity contribution >= 4 is 16.9 Å². The fraction of sp³-hybridized carbons (Fsp3) is 0.381. The van der Waals surface area contributed by atoms with Gasteiger partial charge in [0.15, 0.2) is 0 Å². The van der Waals surface area contributed by atoms with Gasteiger partial charge in [-0.3, -0.25) is 4.98 Å². The Hall–Kier alpha value is -2.93. The number of likely N-dealkylation sites (tertiary alicyclic amines) is 1. The second-order valence-electron chi connectivity index (χ2n) is 7.31. The van der Waals surface area contributed by atoms with Crippen molar-refractivity contribution in [2.45, 2.75) is 25.5 Å². The van der Waals surface area contributed by atoms with Gasteiger partial charge in [0, 0.05) is 50.7 Å². The van der Waals surface area contributed by atoms with Crippen molar-refractivity contribution in [3.63, 3.8) is 0 Å². The maximum atomic E-state index is 12.6. The van der Waals surface area contributed by atoms with Crippen LogP contribution in [0.4, 0.5) is 4.79 Å². The molecule has 0 radical (unpaired) electrons. The van der Waals surface area contributed by atoms with Gasteiger partial charge in [-0.2, -0.15) is 0 Å². The number of rotatable bonds is 4. The summed E-state index contributed by atoms with van der Waals surface area (Å²) >= 11 is 0. The molecule has 1 aliphatic heterocycles. The third-order valence-corrected chi connectivity index (χ3v) is 5.57. The van der Waals surface area contributed by atoms with E-state index < -0.39 is 6.10 Å². The second-order valence-corrected chi connectivity index (χ2v) is 7.31. The molecule has 0 aliphatic carbocycles. The van der Waals surface area contributed by atoms with Crippen LogP contribution in [-0.4, -0.2) is 43.7 Å². The quantitative estimate of drug-likeness (QED) is 0.730. The molecule has 1 atom stereocenters. The number of nitrogens with one attached hydrogen (secondary N) is 1. The van der Waals surface area contributed by atoms with Crippen molar-refractivity contribution in [1.29, 1.82) is 0 Å². The lowest BCUT2D eigenvalue weighted by molar-refractivity contribution is 0.0584. The molecule has 0 spiro atoms. The lowest BCUT2D eigenvalue weighted by Crippen LogP contribution is -2.45. The van der Waals surface area contributed by atoms with Crippen LogP contribution in [0, 0.1) is 5.92 Å². The first-order valence-corrected chi connectivity index (χ1v) is 9.64. The summed E-state index contributed by atoms with van der Waals surface area (Å²) in [6.45, 7) is 1.74. The van der Waals surface area contributed by atoms with Crippen LogP contribution in [-0.2, 0) is 13.6 Å². The van der Waals surface area contributed by atoms with Crippen LogP contribution in [0.2, 0.25) is 0 Å². The van der Waals surface area contributed by atoms with Crippen molar-refractivity contribution in [2.24, 2.45) is 13.0 Å². The van der Waals surface area contributed by atoms with E-state index in [-0.39, 0.29) is 11.9 Å². The van der Waals surface area contributed by atoms with Crippen LogP contribution in [0.1, 0.15) is 30.3 Å². The molecule has 7 nitrogen and oxygen atoms in total. The van der Waals surface area contributed by atoms with E-state index >= 15 is 0 Å². The zero-order valence-electron chi connectivity index (χ0n) is 16.0. The van der Waals surface area contributed by atoms with E-state index in [4.69, 9.17) is 0 Å². The summed E-state index contributed by atoms with van der Waals surface area (Å²) < 4.78 is 1.85. The van der Waals surface area contributed by atoms with E-state index in [1.807, 2.05) is 53.0 Å². The Morgan fingerprint density at radius 3 is 2.75 bits per heavy atom. The zero-order valence-corrected chi connectivity index (χ0v) is 16.0. The molecule has 0 saturated carbocycles. The molecule has 0 unspecified atom stereocenters. The largest absolute Gasteiger partial charge is 0.385 e. The SMILES string of the molecule is Cn1ccnc1[C@@H](O)C1CCN(C(=O)NCc2ccnc3ccccc23)CC1. The number of carbonyl (C=O) groups excluding carboxylic acids is 1. The van der Waals surface area contributed by atoms with Gasteiger partial charge < -0.3 is 19.9 Å².